The Balaban J connectivity index is 1.34. The fraction of sp³-hybridized carbons (Fsp3) is 0. The minimum Gasteiger partial charge on any atom is -0.278 e. The van der Waals surface area contributed by atoms with Crippen LogP contribution in [0.1, 0.15) is 0 Å². The third-order valence-electron chi connectivity index (χ3n) is 8.44. The molecule has 0 N–H and O–H groups in total. The molecule has 206 valence electrons. The second-order valence-electron chi connectivity index (χ2n) is 11.0. The maximum Gasteiger partial charge on any atom is 0.235 e. The lowest BCUT2D eigenvalue weighted by Crippen LogP contribution is -2.04. The predicted molar refractivity (Wildman–Crippen MR) is 186 cm³/mol. The van der Waals surface area contributed by atoms with Crippen LogP contribution in [0, 0.1) is 0 Å². The molecule has 44 heavy (non-hydrogen) atoms. The molecule has 0 unspecified atom stereocenters. The lowest BCUT2D eigenvalue weighted by molar-refractivity contribution is 0.996. The Hall–Kier alpha value is -5.58. The second-order valence-corrected chi connectivity index (χ2v) is 12.1. The van der Waals surface area contributed by atoms with E-state index < -0.39 is 0 Å². The van der Waals surface area contributed by atoms with Gasteiger partial charge in [0.15, 0.2) is 0 Å². The lowest BCUT2D eigenvalue weighted by Gasteiger charge is -2.13. The smallest absolute Gasteiger partial charge is 0.235 e. The van der Waals surface area contributed by atoms with Gasteiger partial charge in [-0.3, -0.25) is 4.57 Å². The third kappa shape index (κ3) is 3.96. The number of nitrogens with zero attached hydrogens (tertiary/aromatic N) is 3. The van der Waals surface area contributed by atoms with E-state index in [1.165, 1.54) is 36.5 Å². The normalized spacial score (nSPS) is 11.6. The molecule has 0 fully saturated rings. The van der Waals surface area contributed by atoms with Gasteiger partial charge in [0, 0.05) is 42.1 Å². The van der Waals surface area contributed by atoms with Crippen LogP contribution in [0.25, 0.3) is 81.6 Å². The number of hydrogen-bond donors (Lipinski definition) is 0. The lowest BCUT2D eigenvalue weighted by atomic mass is 10.0. The number of thiophene rings is 1. The van der Waals surface area contributed by atoms with Gasteiger partial charge in [0.05, 0.1) is 22.4 Å². The fourth-order valence-corrected chi connectivity index (χ4v) is 7.62. The Morgan fingerprint density at radius 2 is 1.02 bits per heavy atom. The summed E-state index contributed by atoms with van der Waals surface area (Å²) in [6.07, 6.45) is 0. The maximum absolute atomic E-state index is 5.33. The van der Waals surface area contributed by atoms with Gasteiger partial charge in [0.25, 0.3) is 0 Å². The van der Waals surface area contributed by atoms with Crippen molar-refractivity contribution in [2.45, 2.75) is 0 Å². The molecule has 9 aromatic rings. The second kappa shape index (κ2) is 10.0. The molecule has 0 spiro atoms. The van der Waals surface area contributed by atoms with Gasteiger partial charge in [-0.25, -0.2) is 9.97 Å². The summed E-state index contributed by atoms with van der Waals surface area (Å²) in [4.78, 5) is 10.6. The molecule has 0 bridgehead atoms. The number of benzene rings is 6. The van der Waals surface area contributed by atoms with E-state index in [9.17, 15) is 0 Å². The van der Waals surface area contributed by atoms with Crippen molar-refractivity contribution in [2.75, 3.05) is 0 Å². The van der Waals surface area contributed by atoms with E-state index in [1.807, 2.05) is 11.3 Å². The molecule has 0 aliphatic carbocycles. The summed E-state index contributed by atoms with van der Waals surface area (Å²) >= 11 is 1.83. The van der Waals surface area contributed by atoms with Crippen LogP contribution in [0.2, 0.25) is 0 Å². The number of fused-ring (bicyclic) bond motifs is 6. The quantitative estimate of drug-likeness (QED) is 0.208. The Morgan fingerprint density at radius 3 is 1.82 bits per heavy atom. The first-order valence-electron chi connectivity index (χ1n) is 14.8. The highest BCUT2D eigenvalue weighted by atomic mass is 32.1. The van der Waals surface area contributed by atoms with Crippen molar-refractivity contribution >= 4 is 53.3 Å². The van der Waals surface area contributed by atoms with Crippen LogP contribution < -0.4 is 0 Å². The van der Waals surface area contributed by atoms with Crippen LogP contribution in [0.5, 0.6) is 0 Å². The highest BCUT2D eigenvalue weighted by Gasteiger charge is 2.18. The molecular formula is C40H25N3S. The molecule has 4 heteroatoms. The molecule has 9 rings (SSSR count). The Labute approximate surface area is 258 Å². The van der Waals surface area contributed by atoms with E-state index in [0.29, 0.717) is 5.95 Å². The van der Waals surface area contributed by atoms with Crippen molar-refractivity contribution in [3.63, 3.8) is 0 Å². The first-order valence-corrected chi connectivity index (χ1v) is 15.6. The molecule has 0 saturated carbocycles. The van der Waals surface area contributed by atoms with Gasteiger partial charge in [-0.1, -0.05) is 121 Å². The van der Waals surface area contributed by atoms with Crippen molar-refractivity contribution in [3.8, 4) is 39.6 Å². The van der Waals surface area contributed by atoms with Gasteiger partial charge in [0.1, 0.15) is 0 Å². The standard InChI is InChI=1S/C40H25N3S/c1-2-12-26(13-3-1)27-14-10-15-28(24-27)34-25-35(33-20-11-19-32-31-18-6-9-23-38(31)44-39(32)33)42-40(41-34)43-36-21-7-4-16-29(36)30-17-5-8-22-37(30)43/h1-25H. The molecule has 0 saturated heterocycles. The summed E-state index contributed by atoms with van der Waals surface area (Å²) in [7, 11) is 0. The largest absolute Gasteiger partial charge is 0.278 e. The molecule has 3 heterocycles. The Kier molecular flexibility index (Phi) is 5.68. The highest BCUT2D eigenvalue weighted by molar-refractivity contribution is 7.26. The fourth-order valence-electron chi connectivity index (χ4n) is 6.40. The van der Waals surface area contributed by atoms with Gasteiger partial charge >= 0.3 is 0 Å². The number of aromatic nitrogens is 3. The van der Waals surface area contributed by atoms with Gasteiger partial charge in [0.2, 0.25) is 5.95 Å². The van der Waals surface area contributed by atoms with Gasteiger partial charge in [-0.05, 0) is 41.5 Å². The van der Waals surface area contributed by atoms with Crippen LogP contribution in [-0.2, 0) is 0 Å². The molecular weight excluding hydrogens is 555 g/mol. The summed E-state index contributed by atoms with van der Waals surface area (Å²) in [5, 5.41) is 4.92. The average molecular weight is 580 g/mol. The Bertz CT molecular complexity index is 2450. The van der Waals surface area contributed by atoms with E-state index in [0.717, 1.165) is 39.1 Å². The van der Waals surface area contributed by atoms with E-state index in [1.54, 1.807) is 0 Å². The first kappa shape index (κ1) is 25.0. The van der Waals surface area contributed by atoms with Crippen molar-refractivity contribution in [1.82, 2.24) is 14.5 Å². The number of rotatable bonds is 4. The van der Waals surface area contributed by atoms with Crippen LogP contribution in [0.15, 0.2) is 152 Å². The molecule has 0 radical (unpaired) electrons. The average Bonchev–Trinajstić information content (AvgIpc) is 3.65. The minimum absolute atomic E-state index is 0.665. The summed E-state index contributed by atoms with van der Waals surface area (Å²) in [6, 6.07) is 53.6. The van der Waals surface area contributed by atoms with E-state index >= 15 is 0 Å². The summed E-state index contributed by atoms with van der Waals surface area (Å²) < 4.78 is 4.73. The van der Waals surface area contributed by atoms with E-state index in [-0.39, 0.29) is 0 Å². The SMILES string of the molecule is c1ccc(-c2cccc(-c3cc(-c4cccc5c4sc4ccccc45)nc(-n4c5ccccc5c5ccccc54)n3)c2)cc1. The summed E-state index contributed by atoms with van der Waals surface area (Å²) in [5.41, 5.74) is 8.50. The minimum atomic E-state index is 0.665. The maximum atomic E-state index is 5.33. The van der Waals surface area contributed by atoms with Crippen LogP contribution in [0.4, 0.5) is 0 Å². The van der Waals surface area contributed by atoms with Crippen molar-refractivity contribution in [2.24, 2.45) is 0 Å². The van der Waals surface area contributed by atoms with Crippen molar-refractivity contribution < 1.29 is 0 Å². The van der Waals surface area contributed by atoms with Crippen LogP contribution >= 0.6 is 11.3 Å². The molecule has 0 atom stereocenters. The van der Waals surface area contributed by atoms with Gasteiger partial charge < -0.3 is 0 Å². The summed E-state index contributed by atoms with van der Waals surface area (Å²) in [6.45, 7) is 0. The third-order valence-corrected chi connectivity index (χ3v) is 9.66. The summed E-state index contributed by atoms with van der Waals surface area (Å²) in [5.74, 6) is 0.665. The Morgan fingerprint density at radius 1 is 0.432 bits per heavy atom. The molecule has 3 aromatic heterocycles. The first-order chi connectivity index (χ1) is 21.8. The van der Waals surface area contributed by atoms with Gasteiger partial charge in [-0.2, -0.15) is 0 Å². The van der Waals surface area contributed by atoms with Crippen LogP contribution in [-0.4, -0.2) is 14.5 Å². The van der Waals surface area contributed by atoms with Crippen molar-refractivity contribution in [1.29, 1.82) is 0 Å². The zero-order valence-corrected chi connectivity index (χ0v) is 24.5. The van der Waals surface area contributed by atoms with E-state index in [2.05, 4.69) is 156 Å². The van der Waals surface area contributed by atoms with E-state index in [4.69, 9.17) is 9.97 Å². The highest BCUT2D eigenvalue weighted by Crippen LogP contribution is 2.41. The predicted octanol–water partition coefficient (Wildman–Crippen LogP) is 10.9. The zero-order chi connectivity index (χ0) is 29.0. The monoisotopic (exact) mass is 579 g/mol. The molecule has 0 aliphatic rings. The topological polar surface area (TPSA) is 30.7 Å². The van der Waals surface area contributed by atoms with Crippen LogP contribution in [0.3, 0.4) is 0 Å². The van der Waals surface area contributed by atoms with Gasteiger partial charge in [-0.15, -0.1) is 11.3 Å². The molecule has 0 aliphatic heterocycles. The van der Waals surface area contributed by atoms with Crippen molar-refractivity contribution in [3.05, 3.63) is 152 Å². The number of para-hydroxylation sites is 2. The molecule has 0 amide bonds. The molecule has 6 aromatic carbocycles. The number of hydrogen-bond acceptors (Lipinski definition) is 3. The molecule has 3 nitrogen and oxygen atoms in total. The zero-order valence-electron chi connectivity index (χ0n) is 23.7.